The zero-order chi connectivity index (χ0) is 14.3. The number of anilines is 1. The van der Waals surface area contributed by atoms with Crippen LogP contribution in [-0.4, -0.2) is 23.4 Å². The summed E-state index contributed by atoms with van der Waals surface area (Å²) in [6, 6.07) is 11.8. The van der Waals surface area contributed by atoms with Crippen molar-refractivity contribution >= 4 is 5.69 Å². The van der Waals surface area contributed by atoms with Crippen LogP contribution in [0, 0.1) is 5.82 Å². The molecule has 3 rings (SSSR count). The van der Waals surface area contributed by atoms with Gasteiger partial charge in [0.1, 0.15) is 0 Å². The molecule has 2 N–H and O–H groups in total. The molecule has 20 heavy (non-hydrogen) atoms. The summed E-state index contributed by atoms with van der Waals surface area (Å²) in [5, 5.41) is 19.7. The molecule has 0 aliphatic carbocycles. The molecule has 0 spiro atoms. The van der Waals surface area contributed by atoms with Gasteiger partial charge in [0.25, 0.3) is 0 Å². The number of nitrogens with zero attached hydrogens (tertiary/aromatic N) is 1. The van der Waals surface area contributed by atoms with Crippen LogP contribution in [0.5, 0.6) is 5.75 Å². The van der Waals surface area contributed by atoms with E-state index in [-0.39, 0.29) is 11.8 Å². The zero-order valence-corrected chi connectivity index (χ0v) is 11.1. The fourth-order valence-corrected chi connectivity index (χ4v) is 2.93. The standard InChI is InChI=1S/C16H16FNO2/c1-18-13-5-3-2-4-10(13)9-15(20)16(18)11-6-7-14(19)12(17)8-11/h2-8,15-16,19-20H,9H2,1H3/t15-,16-/m1/s1. The molecule has 1 heterocycles. The van der Waals surface area contributed by atoms with Crippen LogP contribution in [0.4, 0.5) is 10.1 Å². The minimum Gasteiger partial charge on any atom is -0.505 e. The Bertz CT molecular complexity index is 644. The van der Waals surface area contributed by atoms with Crippen molar-refractivity contribution in [1.29, 1.82) is 0 Å². The molecule has 0 unspecified atom stereocenters. The van der Waals surface area contributed by atoms with Gasteiger partial charge >= 0.3 is 0 Å². The molecule has 0 bridgehead atoms. The fraction of sp³-hybridized carbons (Fsp3) is 0.250. The summed E-state index contributed by atoms with van der Waals surface area (Å²) in [7, 11) is 1.89. The van der Waals surface area contributed by atoms with Gasteiger partial charge in [-0.25, -0.2) is 4.39 Å². The molecule has 3 nitrogen and oxygen atoms in total. The molecular weight excluding hydrogens is 257 g/mol. The molecule has 0 fully saturated rings. The number of likely N-dealkylation sites (N-methyl/N-ethyl adjacent to an activating group) is 1. The van der Waals surface area contributed by atoms with Crippen LogP contribution in [0.1, 0.15) is 17.2 Å². The SMILES string of the molecule is CN1c2ccccc2C[C@@H](O)[C@H]1c1ccc(O)c(F)c1. The molecule has 0 saturated heterocycles. The van der Waals surface area contributed by atoms with Gasteiger partial charge in [0.05, 0.1) is 12.1 Å². The maximum Gasteiger partial charge on any atom is 0.165 e. The zero-order valence-electron chi connectivity index (χ0n) is 11.1. The molecule has 2 aromatic carbocycles. The van der Waals surface area contributed by atoms with Crippen LogP contribution >= 0.6 is 0 Å². The van der Waals surface area contributed by atoms with Gasteiger partial charge in [-0.05, 0) is 29.3 Å². The largest absolute Gasteiger partial charge is 0.505 e. The van der Waals surface area contributed by atoms with Crippen LogP contribution in [0.25, 0.3) is 0 Å². The van der Waals surface area contributed by atoms with Crippen LogP contribution in [0.3, 0.4) is 0 Å². The summed E-state index contributed by atoms with van der Waals surface area (Å²) < 4.78 is 13.5. The Morgan fingerprint density at radius 2 is 1.95 bits per heavy atom. The van der Waals surface area contributed by atoms with E-state index in [1.807, 2.05) is 36.2 Å². The highest BCUT2D eigenvalue weighted by Gasteiger charge is 2.32. The van der Waals surface area contributed by atoms with E-state index in [1.54, 1.807) is 6.07 Å². The van der Waals surface area contributed by atoms with E-state index in [1.165, 1.54) is 12.1 Å². The Morgan fingerprint density at radius 1 is 1.20 bits per heavy atom. The van der Waals surface area contributed by atoms with Crippen LogP contribution in [0.2, 0.25) is 0 Å². The maximum atomic E-state index is 13.5. The first-order valence-electron chi connectivity index (χ1n) is 6.55. The highest BCUT2D eigenvalue weighted by atomic mass is 19.1. The lowest BCUT2D eigenvalue weighted by Gasteiger charge is -2.39. The summed E-state index contributed by atoms with van der Waals surface area (Å²) in [6.45, 7) is 0. The molecule has 0 saturated carbocycles. The van der Waals surface area contributed by atoms with Crippen molar-refractivity contribution in [2.45, 2.75) is 18.6 Å². The quantitative estimate of drug-likeness (QED) is 0.839. The summed E-state index contributed by atoms with van der Waals surface area (Å²) in [6.07, 6.45) is -0.0768. The third kappa shape index (κ3) is 2.02. The lowest BCUT2D eigenvalue weighted by Crippen LogP contribution is -2.39. The van der Waals surface area contributed by atoms with Gasteiger partial charge in [-0.3, -0.25) is 0 Å². The fourth-order valence-electron chi connectivity index (χ4n) is 2.93. The summed E-state index contributed by atoms with van der Waals surface area (Å²) >= 11 is 0. The van der Waals surface area contributed by atoms with Crippen molar-refractivity contribution < 1.29 is 14.6 Å². The van der Waals surface area contributed by atoms with Gasteiger partial charge in [-0.1, -0.05) is 24.3 Å². The molecule has 0 radical (unpaired) electrons. The van der Waals surface area contributed by atoms with E-state index in [9.17, 15) is 14.6 Å². The lowest BCUT2D eigenvalue weighted by atomic mass is 9.89. The van der Waals surface area contributed by atoms with Gasteiger partial charge < -0.3 is 15.1 Å². The number of aromatic hydroxyl groups is 1. The number of aliphatic hydroxyl groups excluding tert-OH is 1. The molecule has 1 aliphatic rings. The Morgan fingerprint density at radius 3 is 2.70 bits per heavy atom. The predicted octanol–water partition coefficient (Wildman–Crippen LogP) is 2.63. The van der Waals surface area contributed by atoms with Crippen molar-refractivity contribution in [3.05, 3.63) is 59.4 Å². The minimum absolute atomic E-state index is 0.319. The van der Waals surface area contributed by atoms with E-state index in [2.05, 4.69) is 0 Å². The number of halogens is 1. The third-order valence-electron chi connectivity index (χ3n) is 3.90. The predicted molar refractivity (Wildman–Crippen MR) is 75.4 cm³/mol. The average molecular weight is 273 g/mol. The van der Waals surface area contributed by atoms with E-state index < -0.39 is 11.9 Å². The molecule has 4 heteroatoms. The van der Waals surface area contributed by atoms with Crippen LogP contribution < -0.4 is 4.90 Å². The number of para-hydroxylation sites is 1. The van der Waals surface area contributed by atoms with Gasteiger partial charge in [0.15, 0.2) is 11.6 Å². The number of phenols is 1. The van der Waals surface area contributed by atoms with Gasteiger partial charge in [-0.2, -0.15) is 0 Å². The number of phenolic OH excluding ortho intramolecular Hbond substituents is 1. The topological polar surface area (TPSA) is 43.7 Å². The second-order valence-corrected chi connectivity index (χ2v) is 5.17. The van der Waals surface area contributed by atoms with Crippen LogP contribution in [-0.2, 0) is 6.42 Å². The Hall–Kier alpha value is -2.07. The van der Waals surface area contributed by atoms with Gasteiger partial charge in [-0.15, -0.1) is 0 Å². The second kappa shape index (κ2) is 4.80. The third-order valence-corrected chi connectivity index (χ3v) is 3.90. The number of hydrogen-bond acceptors (Lipinski definition) is 3. The molecule has 104 valence electrons. The molecule has 2 aromatic rings. The van der Waals surface area contributed by atoms with Crippen molar-refractivity contribution in [2.24, 2.45) is 0 Å². The molecule has 0 amide bonds. The lowest BCUT2D eigenvalue weighted by molar-refractivity contribution is 0.136. The first-order valence-corrected chi connectivity index (χ1v) is 6.55. The Balaban J connectivity index is 2.03. The van der Waals surface area contributed by atoms with Crippen molar-refractivity contribution in [2.75, 3.05) is 11.9 Å². The van der Waals surface area contributed by atoms with Gasteiger partial charge in [0, 0.05) is 19.2 Å². The minimum atomic E-state index is -0.665. The van der Waals surface area contributed by atoms with Crippen molar-refractivity contribution in [3.8, 4) is 5.75 Å². The van der Waals surface area contributed by atoms with E-state index >= 15 is 0 Å². The molecule has 0 aromatic heterocycles. The Kier molecular flexibility index (Phi) is 3.10. The van der Waals surface area contributed by atoms with E-state index in [0.717, 1.165) is 11.3 Å². The van der Waals surface area contributed by atoms with Crippen molar-refractivity contribution in [1.82, 2.24) is 0 Å². The highest BCUT2D eigenvalue weighted by molar-refractivity contribution is 5.58. The highest BCUT2D eigenvalue weighted by Crippen LogP contribution is 2.38. The number of benzene rings is 2. The van der Waals surface area contributed by atoms with E-state index in [0.29, 0.717) is 12.0 Å². The summed E-state index contributed by atoms with van der Waals surface area (Å²) in [5.41, 5.74) is 2.78. The van der Waals surface area contributed by atoms with E-state index in [4.69, 9.17) is 0 Å². The Labute approximate surface area is 116 Å². The number of aliphatic hydroxyl groups is 1. The first kappa shape index (κ1) is 12.9. The first-order chi connectivity index (χ1) is 9.58. The number of fused-ring (bicyclic) bond motifs is 1. The monoisotopic (exact) mass is 273 g/mol. The number of hydrogen-bond donors (Lipinski definition) is 2. The van der Waals surface area contributed by atoms with Crippen LogP contribution in [0.15, 0.2) is 42.5 Å². The number of rotatable bonds is 1. The summed E-state index contributed by atoms with van der Waals surface area (Å²) in [4.78, 5) is 1.95. The maximum absolute atomic E-state index is 13.5. The van der Waals surface area contributed by atoms with Crippen molar-refractivity contribution in [3.63, 3.8) is 0 Å². The molecule has 2 atom stereocenters. The average Bonchev–Trinajstić information content (AvgIpc) is 2.43. The summed E-state index contributed by atoms with van der Waals surface area (Å²) in [5.74, 6) is -1.04. The molecule has 1 aliphatic heterocycles. The smallest absolute Gasteiger partial charge is 0.165 e. The molecular formula is C16H16FNO2. The second-order valence-electron chi connectivity index (χ2n) is 5.17. The van der Waals surface area contributed by atoms with Gasteiger partial charge in [0.2, 0.25) is 0 Å². The normalized spacial score (nSPS) is 21.6.